The van der Waals surface area contributed by atoms with E-state index in [9.17, 15) is 0 Å². The zero-order chi connectivity index (χ0) is 20.7. The number of allylic oxidation sites excluding steroid dienone is 4. The second-order valence-electron chi connectivity index (χ2n) is 9.87. The Hall–Kier alpha value is -1.19. The molecular weight excluding hydrogens is 402 g/mol. The molecule has 3 rings (SSSR count). The summed E-state index contributed by atoms with van der Waals surface area (Å²) in [6, 6.07) is 18.1. The number of hydrogen-bond donors (Lipinski definition) is 1. The third-order valence-electron chi connectivity index (χ3n) is 5.67. The van der Waals surface area contributed by atoms with Crippen molar-refractivity contribution in [3.63, 3.8) is 0 Å². The minimum Gasteiger partial charge on any atom is -0.0149 e. The van der Waals surface area contributed by atoms with E-state index >= 15 is 0 Å². The van der Waals surface area contributed by atoms with Crippen molar-refractivity contribution in [2.24, 2.45) is 0 Å². The van der Waals surface area contributed by atoms with Crippen LogP contribution in [-0.2, 0) is 16.8 Å². The van der Waals surface area contributed by atoms with E-state index in [2.05, 4.69) is 104 Å². The standard InChI is InChI=1S/C20H19.C4H10N.2CH3.H4Si.Ti/c1-14-4-9-17(10-5-14)19-13-8-16(3)20(19)18-11-6-15(2)7-12-18;1-4(2,3)5;;;;/h4-7,9-12H,13H2,1-3H3;5H,1-3H3;2*1H3;1H4;/q;-1;;;;+1. The molecule has 0 heterocycles. The Kier molecular flexibility index (Phi) is 7.39. The number of aryl methyl sites for hydroxylation is 2. The predicted octanol–water partition coefficient (Wildman–Crippen LogP) is 5.99. The fourth-order valence-electron chi connectivity index (χ4n) is 4.59. The van der Waals surface area contributed by atoms with Crippen molar-refractivity contribution in [2.75, 3.05) is 0 Å². The fraction of sp³-hybridized carbons (Fsp3) is 0.385. The van der Waals surface area contributed by atoms with Crippen LogP contribution in [0.25, 0.3) is 11.1 Å². The largest absolute Gasteiger partial charge is 0.0149 e. The summed E-state index contributed by atoms with van der Waals surface area (Å²) in [6.45, 7) is 13.5. The first-order valence-electron chi connectivity index (χ1n) is 10.3. The molecule has 1 aliphatic rings. The van der Waals surface area contributed by atoms with Crippen molar-refractivity contribution in [2.45, 2.75) is 64.0 Å². The molecule has 0 aromatic heterocycles. The van der Waals surface area contributed by atoms with Gasteiger partial charge in [-0.15, -0.1) is 0 Å². The van der Waals surface area contributed by atoms with E-state index in [0.717, 1.165) is 6.42 Å². The quantitative estimate of drug-likeness (QED) is 0.575. The van der Waals surface area contributed by atoms with Crippen LogP contribution in [0, 0.1) is 13.8 Å². The first-order chi connectivity index (χ1) is 13.0. The molecule has 0 fully saturated rings. The zero-order valence-corrected chi connectivity index (χ0v) is 20.4. The topological polar surface area (TPSA) is 12.0 Å². The molecule has 2 aromatic carbocycles. The van der Waals surface area contributed by atoms with Crippen molar-refractivity contribution in [1.29, 1.82) is 0 Å². The molecule has 2 aromatic rings. The van der Waals surface area contributed by atoms with Crippen molar-refractivity contribution < 1.29 is 16.8 Å². The third kappa shape index (κ3) is 5.49. The minimum absolute atomic E-state index is 0. The van der Waals surface area contributed by atoms with E-state index in [0.29, 0.717) is 0 Å². The maximum atomic E-state index is 4.03. The van der Waals surface area contributed by atoms with Crippen LogP contribution in [-0.4, -0.2) is 16.5 Å². The Morgan fingerprint density at radius 2 is 1.21 bits per heavy atom. The summed E-state index contributed by atoms with van der Waals surface area (Å²) in [5, 5.41) is 5.02. The molecule has 0 bridgehead atoms. The van der Waals surface area contributed by atoms with Crippen LogP contribution in [0.4, 0.5) is 0 Å². The Morgan fingerprint density at radius 1 is 0.759 bits per heavy atom. The van der Waals surface area contributed by atoms with Gasteiger partial charge >= 0.3 is 176 Å². The van der Waals surface area contributed by atoms with Crippen LogP contribution < -0.4 is 3.80 Å². The molecule has 29 heavy (non-hydrogen) atoms. The maximum absolute atomic E-state index is 4.03. The first kappa shape index (κ1) is 24.1. The molecule has 0 aliphatic heterocycles. The molecule has 0 unspecified atom stereocenters. The van der Waals surface area contributed by atoms with Crippen LogP contribution >= 0.6 is 0 Å². The average Bonchev–Trinajstić information content (AvgIpc) is 2.92. The number of nitrogens with one attached hydrogen (secondary N) is 1. The van der Waals surface area contributed by atoms with Crippen molar-refractivity contribution >= 4 is 22.1 Å². The molecule has 0 radical (unpaired) electrons. The van der Waals surface area contributed by atoms with Gasteiger partial charge < -0.3 is 0 Å². The molecule has 0 atom stereocenters. The Morgan fingerprint density at radius 3 is 1.66 bits per heavy atom. The monoisotopic (exact) mass is 441 g/mol. The summed E-state index contributed by atoms with van der Waals surface area (Å²) in [6.07, 6.45) is 1.08. The molecule has 0 saturated carbocycles. The zero-order valence-electron chi connectivity index (χ0n) is 18.8. The average molecular weight is 442 g/mol. The summed E-state index contributed by atoms with van der Waals surface area (Å²) in [5.74, 6) is 0. The Bertz CT molecular complexity index is 926. The molecule has 3 heteroatoms. The van der Waals surface area contributed by atoms with Crippen LogP contribution in [0.2, 0.25) is 10.5 Å². The second kappa shape index (κ2) is 8.90. The van der Waals surface area contributed by atoms with E-state index in [-0.39, 0.29) is 16.5 Å². The second-order valence-corrected chi connectivity index (χ2v) is 16.3. The van der Waals surface area contributed by atoms with Gasteiger partial charge in [-0.2, -0.15) is 0 Å². The van der Waals surface area contributed by atoms with Crippen LogP contribution in [0.15, 0.2) is 58.0 Å². The van der Waals surface area contributed by atoms with Crippen LogP contribution in [0.3, 0.4) is 0 Å². The van der Waals surface area contributed by atoms with Gasteiger partial charge in [0, 0.05) is 0 Å². The Labute approximate surface area is 186 Å². The SMILES string of the molecule is CC1=[C]([Ti]([CH3])([CH3])[NH]C(C)(C)C)CC(c2ccc(C)cc2)=C1c1ccc(C)cc1.[SiH4]. The maximum Gasteiger partial charge on any atom is -0.0149 e. The van der Waals surface area contributed by atoms with Gasteiger partial charge in [0.25, 0.3) is 0 Å². The van der Waals surface area contributed by atoms with E-state index in [1.54, 1.807) is 3.88 Å². The minimum atomic E-state index is -2.34. The van der Waals surface area contributed by atoms with Crippen molar-refractivity contribution in [3.05, 3.63) is 80.2 Å². The van der Waals surface area contributed by atoms with Gasteiger partial charge in [0.2, 0.25) is 0 Å². The summed E-state index contributed by atoms with van der Waals surface area (Å²) in [4.78, 5) is 0. The molecular formula is C26H39NSiTi. The van der Waals surface area contributed by atoms with Gasteiger partial charge in [0.1, 0.15) is 0 Å². The van der Waals surface area contributed by atoms with Gasteiger partial charge in [-0.25, -0.2) is 0 Å². The predicted molar refractivity (Wildman–Crippen MR) is 132 cm³/mol. The summed E-state index contributed by atoms with van der Waals surface area (Å²) >= 11 is -2.34. The number of hydrogen-bond acceptors (Lipinski definition) is 1. The van der Waals surface area contributed by atoms with Crippen LogP contribution in [0.5, 0.6) is 0 Å². The summed E-state index contributed by atoms with van der Waals surface area (Å²) in [5.41, 5.74) is 9.94. The van der Waals surface area contributed by atoms with E-state index in [1.165, 1.54) is 39.0 Å². The summed E-state index contributed by atoms with van der Waals surface area (Å²) < 4.78 is 5.71. The van der Waals surface area contributed by atoms with Gasteiger partial charge in [0.05, 0.1) is 0 Å². The van der Waals surface area contributed by atoms with Crippen molar-refractivity contribution in [3.8, 4) is 0 Å². The normalized spacial score (nSPS) is 15.0. The Balaban J connectivity index is 0.00000300. The molecule has 0 spiro atoms. The molecule has 156 valence electrons. The first-order valence-corrected chi connectivity index (χ1v) is 15.0. The van der Waals surface area contributed by atoms with E-state index < -0.39 is 16.8 Å². The van der Waals surface area contributed by atoms with Gasteiger partial charge in [-0.1, -0.05) is 0 Å². The molecule has 0 saturated heterocycles. The number of benzene rings is 2. The van der Waals surface area contributed by atoms with Gasteiger partial charge in [0.15, 0.2) is 0 Å². The smallest absolute Gasteiger partial charge is 0.0149 e. The molecule has 0 amide bonds. The fourth-order valence-corrected chi connectivity index (χ4v) is 10.4. The van der Waals surface area contributed by atoms with E-state index in [4.69, 9.17) is 0 Å². The third-order valence-corrected chi connectivity index (χ3v) is 11.0. The molecule has 1 N–H and O–H groups in total. The van der Waals surface area contributed by atoms with E-state index in [1.807, 2.05) is 0 Å². The number of rotatable bonds is 4. The summed E-state index contributed by atoms with van der Waals surface area (Å²) in [7, 11) is 0. The van der Waals surface area contributed by atoms with Gasteiger partial charge in [-0.3, -0.25) is 0 Å². The van der Waals surface area contributed by atoms with Gasteiger partial charge in [-0.05, 0) is 11.0 Å². The molecule has 1 aliphatic carbocycles. The molecule has 1 nitrogen and oxygen atoms in total. The van der Waals surface area contributed by atoms with Crippen molar-refractivity contribution in [1.82, 2.24) is 3.80 Å². The van der Waals surface area contributed by atoms with Crippen LogP contribution in [0.1, 0.15) is 56.4 Å².